The summed E-state index contributed by atoms with van der Waals surface area (Å²) in [6.07, 6.45) is 4.02. The van der Waals surface area contributed by atoms with Crippen LogP contribution in [-0.4, -0.2) is 20.4 Å². The van der Waals surface area contributed by atoms with Crippen LogP contribution in [0.3, 0.4) is 0 Å². The summed E-state index contributed by atoms with van der Waals surface area (Å²) in [7, 11) is 0. The van der Waals surface area contributed by atoms with E-state index in [0.717, 1.165) is 0 Å². The molecule has 2 heteroatoms. The Morgan fingerprint density at radius 3 is 2.79 bits per heavy atom. The van der Waals surface area contributed by atoms with Crippen molar-refractivity contribution in [1.29, 1.82) is 0 Å². The van der Waals surface area contributed by atoms with E-state index in [4.69, 9.17) is 0 Å². The Labute approximate surface area is 108 Å². The van der Waals surface area contributed by atoms with E-state index in [0.29, 0.717) is 0 Å². The Bertz CT molecular complexity index is 431. The predicted molar refractivity (Wildman–Crippen MR) is 72.2 cm³/mol. The van der Waals surface area contributed by atoms with Gasteiger partial charge >= 0.3 is 109 Å². The van der Waals surface area contributed by atoms with Gasteiger partial charge in [0, 0.05) is 0 Å². The molecule has 0 nitrogen and oxygen atoms in total. The SMILES string of the molecule is CCCCc1[te]c2ccccc2c1I. The fourth-order valence-corrected chi connectivity index (χ4v) is 6.86. The topological polar surface area (TPSA) is 0 Å². The first-order valence-electron chi connectivity index (χ1n) is 4.99. The summed E-state index contributed by atoms with van der Waals surface area (Å²) in [6.45, 7) is 2.27. The molecule has 2 aromatic rings. The van der Waals surface area contributed by atoms with Gasteiger partial charge in [0.05, 0.1) is 0 Å². The van der Waals surface area contributed by atoms with E-state index in [1.807, 2.05) is 0 Å². The molecular formula is C12H13ITe. The van der Waals surface area contributed by atoms with Crippen LogP contribution in [-0.2, 0) is 6.42 Å². The normalized spacial score (nSPS) is 11.0. The third-order valence-electron chi connectivity index (χ3n) is 2.36. The molecule has 0 unspecified atom stereocenters. The molecule has 1 heterocycles. The van der Waals surface area contributed by atoms with Crippen LogP contribution in [0.15, 0.2) is 24.3 Å². The average molecular weight is 412 g/mol. The van der Waals surface area contributed by atoms with Crippen molar-refractivity contribution < 1.29 is 0 Å². The second-order valence-corrected chi connectivity index (χ2v) is 7.76. The Hall–Kier alpha value is 0.480. The van der Waals surface area contributed by atoms with Crippen molar-refractivity contribution in [1.82, 2.24) is 0 Å². The Balaban J connectivity index is 2.41. The van der Waals surface area contributed by atoms with Gasteiger partial charge in [-0.25, -0.2) is 0 Å². The molecule has 0 radical (unpaired) electrons. The van der Waals surface area contributed by atoms with Gasteiger partial charge in [-0.2, -0.15) is 0 Å². The first-order chi connectivity index (χ1) is 6.83. The number of hydrogen-bond acceptors (Lipinski definition) is 0. The van der Waals surface area contributed by atoms with Gasteiger partial charge in [-0.05, 0) is 0 Å². The summed E-state index contributed by atoms with van der Waals surface area (Å²) in [4.78, 5) is 0. The summed E-state index contributed by atoms with van der Waals surface area (Å²) >= 11 is 2.53. The molecular weight excluding hydrogens is 399 g/mol. The van der Waals surface area contributed by atoms with Crippen molar-refractivity contribution in [3.63, 3.8) is 0 Å². The molecule has 0 bridgehead atoms. The van der Waals surface area contributed by atoms with E-state index < -0.39 is 0 Å². The molecule has 0 amide bonds. The number of halogens is 1. The molecule has 0 aliphatic carbocycles. The summed E-state index contributed by atoms with van der Waals surface area (Å²) in [6, 6.07) is 8.93. The minimum atomic E-state index is -0.00822. The van der Waals surface area contributed by atoms with Crippen LogP contribution in [0.4, 0.5) is 0 Å². The van der Waals surface area contributed by atoms with Crippen LogP contribution in [0.5, 0.6) is 0 Å². The molecule has 0 atom stereocenters. The number of benzene rings is 1. The van der Waals surface area contributed by atoms with E-state index in [2.05, 4.69) is 53.8 Å². The summed E-state index contributed by atoms with van der Waals surface area (Å²) in [5, 5.41) is 1.53. The summed E-state index contributed by atoms with van der Waals surface area (Å²) in [5.74, 6) is 0. The van der Waals surface area contributed by atoms with Crippen LogP contribution in [0.25, 0.3) is 8.79 Å². The fraction of sp³-hybridized carbons (Fsp3) is 0.333. The van der Waals surface area contributed by atoms with E-state index >= 15 is 0 Å². The first kappa shape index (κ1) is 11.0. The first-order valence-corrected chi connectivity index (χ1v) is 8.39. The third-order valence-corrected chi connectivity index (χ3v) is 8.24. The molecule has 0 fully saturated rings. The van der Waals surface area contributed by atoms with Gasteiger partial charge in [-0.3, -0.25) is 0 Å². The molecule has 0 aliphatic heterocycles. The number of rotatable bonds is 3. The zero-order valence-electron chi connectivity index (χ0n) is 8.22. The Morgan fingerprint density at radius 1 is 1.29 bits per heavy atom. The van der Waals surface area contributed by atoms with Crippen LogP contribution < -0.4 is 0 Å². The number of hydrogen-bond donors (Lipinski definition) is 0. The van der Waals surface area contributed by atoms with Crippen LogP contribution >= 0.6 is 22.6 Å². The molecule has 0 aliphatic rings. The second-order valence-electron chi connectivity index (χ2n) is 3.44. The fourth-order valence-electron chi connectivity index (χ4n) is 1.56. The maximum absolute atomic E-state index is 2.54. The zero-order chi connectivity index (χ0) is 9.97. The molecule has 1 aromatic heterocycles. The van der Waals surface area contributed by atoms with E-state index in [-0.39, 0.29) is 20.4 Å². The molecule has 0 saturated heterocycles. The Kier molecular flexibility index (Phi) is 3.93. The van der Waals surface area contributed by atoms with E-state index in [1.165, 1.54) is 24.6 Å². The van der Waals surface area contributed by atoms with Gasteiger partial charge in [-0.1, -0.05) is 0 Å². The third kappa shape index (κ3) is 2.18. The summed E-state index contributed by atoms with van der Waals surface area (Å²) in [5.41, 5.74) is 0. The molecule has 74 valence electrons. The van der Waals surface area contributed by atoms with Crippen molar-refractivity contribution >= 4 is 51.8 Å². The van der Waals surface area contributed by atoms with Crippen LogP contribution in [0.2, 0.25) is 0 Å². The zero-order valence-corrected chi connectivity index (χ0v) is 12.7. The quantitative estimate of drug-likeness (QED) is 0.532. The summed E-state index contributed by atoms with van der Waals surface area (Å²) < 4.78 is 4.99. The molecule has 1 aromatic carbocycles. The predicted octanol–water partition coefficient (Wildman–Crippen LogP) is 3.84. The van der Waals surface area contributed by atoms with Crippen molar-refractivity contribution in [3.8, 4) is 0 Å². The van der Waals surface area contributed by atoms with Gasteiger partial charge in [-0.15, -0.1) is 0 Å². The van der Waals surface area contributed by atoms with Crippen molar-refractivity contribution in [3.05, 3.63) is 31.4 Å². The van der Waals surface area contributed by atoms with Crippen molar-refractivity contribution in [2.24, 2.45) is 0 Å². The minimum absolute atomic E-state index is 0.00822. The van der Waals surface area contributed by atoms with Crippen molar-refractivity contribution in [2.45, 2.75) is 26.2 Å². The van der Waals surface area contributed by atoms with Crippen LogP contribution in [0, 0.1) is 3.57 Å². The average Bonchev–Trinajstić information content (AvgIpc) is 2.54. The Morgan fingerprint density at radius 2 is 2.07 bits per heavy atom. The number of fused-ring (bicyclic) bond motifs is 1. The second kappa shape index (κ2) is 5.01. The monoisotopic (exact) mass is 414 g/mol. The number of aryl methyl sites for hydroxylation is 1. The molecule has 0 N–H and O–H groups in total. The van der Waals surface area contributed by atoms with Gasteiger partial charge in [0.1, 0.15) is 0 Å². The molecule has 14 heavy (non-hydrogen) atoms. The van der Waals surface area contributed by atoms with E-state index in [1.54, 1.807) is 10.6 Å². The van der Waals surface area contributed by atoms with Gasteiger partial charge in [0.15, 0.2) is 0 Å². The standard InChI is InChI=1S/C12H13ITe/c1-2-3-7-11-12(13)9-6-4-5-8-10(9)14-11/h4-6,8H,2-3,7H2,1H3. The van der Waals surface area contributed by atoms with Gasteiger partial charge in [0.25, 0.3) is 0 Å². The van der Waals surface area contributed by atoms with Gasteiger partial charge < -0.3 is 0 Å². The maximum atomic E-state index is 2.54. The van der Waals surface area contributed by atoms with Crippen LogP contribution in [0.1, 0.15) is 23.3 Å². The molecule has 0 spiro atoms. The van der Waals surface area contributed by atoms with Crippen molar-refractivity contribution in [2.75, 3.05) is 0 Å². The molecule has 0 saturated carbocycles. The number of unbranched alkanes of at least 4 members (excludes halogenated alkanes) is 1. The van der Waals surface area contributed by atoms with Gasteiger partial charge in [0.2, 0.25) is 0 Å². The molecule has 2 rings (SSSR count). The van der Waals surface area contributed by atoms with E-state index in [9.17, 15) is 0 Å².